The summed E-state index contributed by atoms with van der Waals surface area (Å²) in [4.78, 5) is 0. The summed E-state index contributed by atoms with van der Waals surface area (Å²) in [6, 6.07) is 0. The minimum absolute atomic E-state index is 0.873. The number of unbranched alkanes of at least 4 members (excludes halogenated alkanes) is 6. The summed E-state index contributed by atoms with van der Waals surface area (Å²) < 4.78 is 0. The fraction of sp³-hybridized carbons (Fsp3) is 1.00. The Bertz CT molecular complexity index is 264. The highest BCUT2D eigenvalue weighted by molar-refractivity contribution is 4.73. The standard InChI is InChI=1S/C26H54/c1-9-11-13-15-17-21(3)23(5)19-25(7)26(8)20-24(6)22(4)18-16-14-12-10-2/h21-26H,9-20H2,1-8H3. The Balaban J connectivity index is 4.09. The number of hydrogen-bond donors (Lipinski definition) is 0. The van der Waals surface area contributed by atoms with Gasteiger partial charge >= 0.3 is 0 Å². The van der Waals surface area contributed by atoms with E-state index in [1.807, 2.05) is 0 Å². The van der Waals surface area contributed by atoms with Crippen molar-refractivity contribution >= 4 is 0 Å². The van der Waals surface area contributed by atoms with Crippen LogP contribution in [0.15, 0.2) is 0 Å². The van der Waals surface area contributed by atoms with Gasteiger partial charge in [-0.05, 0) is 48.3 Å². The lowest BCUT2D eigenvalue weighted by Gasteiger charge is -2.30. The van der Waals surface area contributed by atoms with Gasteiger partial charge in [0, 0.05) is 0 Å². The molecule has 0 nitrogen and oxygen atoms in total. The van der Waals surface area contributed by atoms with Crippen LogP contribution in [0.25, 0.3) is 0 Å². The van der Waals surface area contributed by atoms with E-state index in [0.29, 0.717) is 0 Å². The van der Waals surface area contributed by atoms with Crippen molar-refractivity contribution in [2.45, 2.75) is 132 Å². The summed E-state index contributed by atoms with van der Waals surface area (Å²) in [7, 11) is 0. The molecule has 26 heavy (non-hydrogen) atoms. The average molecular weight is 367 g/mol. The minimum atomic E-state index is 0.873. The predicted octanol–water partition coefficient (Wildman–Crippen LogP) is 9.52. The molecule has 6 unspecified atom stereocenters. The zero-order chi connectivity index (χ0) is 19.9. The van der Waals surface area contributed by atoms with Crippen LogP contribution >= 0.6 is 0 Å². The number of rotatable bonds is 17. The van der Waals surface area contributed by atoms with Crippen LogP contribution in [0.2, 0.25) is 0 Å². The molecule has 0 aromatic carbocycles. The van der Waals surface area contributed by atoms with Crippen molar-refractivity contribution in [2.24, 2.45) is 35.5 Å². The quantitative estimate of drug-likeness (QED) is 0.225. The monoisotopic (exact) mass is 366 g/mol. The molecule has 0 aliphatic carbocycles. The van der Waals surface area contributed by atoms with Crippen LogP contribution < -0.4 is 0 Å². The molecule has 0 bridgehead atoms. The van der Waals surface area contributed by atoms with Gasteiger partial charge in [0.15, 0.2) is 0 Å². The van der Waals surface area contributed by atoms with Crippen molar-refractivity contribution in [1.82, 2.24) is 0 Å². The first-order valence-electron chi connectivity index (χ1n) is 12.3. The zero-order valence-corrected chi connectivity index (χ0v) is 19.9. The molecular formula is C26H54. The van der Waals surface area contributed by atoms with E-state index in [4.69, 9.17) is 0 Å². The Hall–Kier alpha value is 0. The molecule has 0 fully saturated rings. The molecule has 6 atom stereocenters. The predicted molar refractivity (Wildman–Crippen MR) is 122 cm³/mol. The third-order valence-corrected chi connectivity index (χ3v) is 7.43. The van der Waals surface area contributed by atoms with Crippen LogP contribution in [-0.4, -0.2) is 0 Å². The molecule has 0 aromatic heterocycles. The van der Waals surface area contributed by atoms with E-state index in [0.717, 1.165) is 35.5 Å². The van der Waals surface area contributed by atoms with E-state index in [2.05, 4.69) is 55.4 Å². The summed E-state index contributed by atoms with van der Waals surface area (Å²) in [6.07, 6.45) is 17.0. The highest BCUT2D eigenvalue weighted by Gasteiger charge is 2.22. The van der Waals surface area contributed by atoms with Crippen molar-refractivity contribution in [3.8, 4) is 0 Å². The topological polar surface area (TPSA) is 0 Å². The molecule has 0 heteroatoms. The molecule has 0 radical (unpaired) electrons. The van der Waals surface area contributed by atoms with Crippen molar-refractivity contribution in [1.29, 1.82) is 0 Å². The fourth-order valence-corrected chi connectivity index (χ4v) is 4.46. The van der Waals surface area contributed by atoms with Gasteiger partial charge in [-0.3, -0.25) is 0 Å². The van der Waals surface area contributed by atoms with Gasteiger partial charge in [0.05, 0.1) is 0 Å². The van der Waals surface area contributed by atoms with Crippen LogP contribution in [0.3, 0.4) is 0 Å². The molecule has 0 saturated heterocycles. The lowest BCUT2D eigenvalue weighted by atomic mass is 9.76. The summed E-state index contributed by atoms with van der Waals surface area (Å²) >= 11 is 0. The van der Waals surface area contributed by atoms with E-state index in [-0.39, 0.29) is 0 Å². The molecule has 158 valence electrons. The summed E-state index contributed by atoms with van der Waals surface area (Å²) in [5.74, 6) is 5.32. The van der Waals surface area contributed by atoms with E-state index >= 15 is 0 Å². The maximum Gasteiger partial charge on any atom is -0.0414 e. The minimum Gasteiger partial charge on any atom is -0.0654 e. The molecule has 0 aliphatic heterocycles. The third-order valence-electron chi connectivity index (χ3n) is 7.43. The van der Waals surface area contributed by atoms with Crippen molar-refractivity contribution < 1.29 is 0 Å². The van der Waals surface area contributed by atoms with Crippen LogP contribution in [0.1, 0.15) is 132 Å². The Morgan fingerprint density at radius 1 is 0.385 bits per heavy atom. The molecule has 0 heterocycles. The highest BCUT2D eigenvalue weighted by atomic mass is 14.3. The van der Waals surface area contributed by atoms with Crippen LogP contribution in [0, 0.1) is 35.5 Å². The maximum absolute atomic E-state index is 2.52. The summed E-state index contributed by atoms with van der Waals surface area (Å²) in [5.41, 5.74) is 0. The van der Waals surface area contributed by atoms with E-state index < -0.39 is 0 Å². The average Bonchev–Trinajstić information content (AvgIpc) is 2.61. The molecule has 0 aliphatic rings. The first kappa shape index (κ1) is 26.0. The van der Waals surface area contributed by atoms with E-state index in [1.54, 1.807) is 0 Å². The van der Waals surface area contributed by atoms with Gasteiger partial charge in [-0.15, -0.1) is 0 Å². The van der Waals surface area contributed by atoms with Crippen molar-refractivity contribution in [2.75, 3.05) is 0 Å². The van der Waals surface area contributed by atoms with Gasteiger partial charge in [0.2, 0.25) is 0 Å². The van der Waals surface area contributed by atoms with Gasteiger partial charge in [0.25, 0.3) is 0 Å². The normalized spacial score (nSPS) is 18.9. The Labute approximate surface area is 168 Å². The molecule has 0 spiro atoms. The van der Waals surface area contributed by atoms with Crippen molar-refractivity contribution in [3.05, 3.63) is 0 Å². The Kier molecular flexibility index (Phi) is 16.0. The third kappa shape index (κ3) is 12.4. The smallest absolute Gasteiger partial charge is 0.0414 e. The molecule has 0 saturated carbocycles. The Morgan fingerprint density at radius 3 is 1.00 bits per heavy atom. The van der Waals surface area contributed by atoms with E-state index in [9.17, 15) is 0 Å². The number of hydrogen-bond acceptors (Lipinski definition) is 0. The first-order valence-corrected chi connectivity index (χ1v) is 12.3. The van der Waals surface area contributed by atoms with Crippen molar-refractivity contribution in [3.63, 3.8) is 0 Å². The maximum atomic E-state index is 2.52. The van der Waals surface area contributed by atoms with Gasteiger partial charge in [-0.2, -0.15) is 0 Å². The van der Waals surface area contributed by atoms with Crippen LogP contribution in [0.5, 0.6) is 0 Å². The largest absolute Gasteiger partial charge is 0.0654 e. The lowest BCUT2D eigenvalue weighted by molar-refractivity contribution is 0.207. The molecule has 0 aromatic rings. The Morgan fingerprint density at radius 2 is 0.692 bits per heavy atom. The summed E-state index contributed by atoms with van der Waals surface area (Å²) in [5, 5.41) is 0. The second-order valence-electron chi connectivity index (χ2n) is 10.0. The van der Waals surface area contributed by atoms with Crippen LogP contribution in [0.4, 0.5) is 0 Å². The molecule has 0 rings (SSSR count). The van der Waals surface area contributed by atoms with Gasteiger partial charge in [-0.25, -0.2) is 0 Å². The van der Waals surface area contributed by atoms with Crippen LogP contribution in [-0.2, 0) is 0 Å². The molecule has 0 amide bonds. The SMILES string of the molecule is CCCCCCC(C)C(C)CC(C)C(C)CC(C)C(C)CCCCCC. The lowest BCUT2D eigenvalue weighted by Crippen LogP contribution is -2.20. The van der Waals surface area contributed by atoms with Gasteiger partial charge in [-0.1, -0.05) is 120 Å². The zero-order valence-electron chi connectivity index (χ0n) is 19.9. The molecule has 0 N–H and O–H groups in total. The first-order chi connectivity index (χ1) is 12.3. The second-order valence-corrected chi connectivity index (χ2v) is 10.0. The van der Waals surface area contributed by atoms with E-state index in [1.165, 1.54) is 77.0 Å². The molecular weight excluding hydrogens is 312 g/mol. The van der Waals surface area contributed by atoms with Gasteiger partial charge < -0.3 is 0 Å². The fourth-order valence-electron chi connectivity index (χ4n) is 4.46. The second kappa shape index (κ2) is 16.0. The van der Waals surface area contributed by atoms with Gasteiger partial charge in [0.1, 0.15) is 0 Å². The highest BCUT2D eigenvalue weighted by Crippen LogP contribution is 2.33. The summed E-state index contributed by atoms with van der Waals surface area (Å²) in [6.45, 7) is 19.7.